The molecule has 0 saturated heterocycles. The number of carboxylic acid groups (broad SMARTS) is 1. The number of aromatic nitrogens is 2. The Kier molecular flexibility index (Phi) is 6.36. The van der Waals surface area contributed by atoms with Gasteiger partial charge in [0.1, 0.15) is 6.61 Å². The second kappa shape index (κ2) is 8.33. The Morgan fingerprint density at radius 1 is 1.37 bits per heavy atom. The van der Waals surface area contributed by atoms with Crippen LogP contribution in [0.1, 0.15) is 38.4 Å². The Labute approximate surface area is 158 Å². The van der Waals surface area contributed by atoms with E-state index in [1.54, 1.807) is 32.2 Å². The van der Waals surface area contributed by atoms with E-state index in [0.717, 1.165) is 11.3 Å². The molecule has 0 unspecified atom stereocenters. The third-order valence-electron chi connectivity index (χ3n) is 4.11. The zero-order valence-electron chi connectivity index (χ0n) is 16.3. The molecule has 0 aromatic carbocycles. The van der Waals surface area contributed by atoms with Crippen molar-refractivity contribution in [2.24, 2.45) is 5.92 Å². The van der Waals surface area contributed by atoms with Gasteiger partial charge in [0.05, 0.1) is 11.2 Å². The predicted molar refractivity (Wildman–Crippen MR) is 101 cm³/mol. The van der Waals surface area contributed by atoms with E-state index in [1.807, 2.05) is 26.8 Å². The number of ether oxygens (including phenoxy) is 1. The minimum Gasteiger partial charge on any atom is -0.486 e. The normalized spacial score (nSPS) is 13.3. The van der Waals surface area contributed by atoms with Crippen LogP contribution in [0.15, 0.2) is 24.4 Å². The molecule has 2 N–H and O–H groups in total. The van der Waals surface area contributed by atoms with Gasteiger partial charge in [-0.3, -0.25) is 4.98 Å². The minimum absolute atomic E-state index is 0.00460. The highest BCUT2D eigenvalue weighted by Gasteiger charge is 2.29. The van der Waals surface area contributed by atoms with Crippen LogP contribution in [0.5, 0.6) is 5.75 Å². The van der Waals surface area contributed by atoms with Crippen molar-refractivity contribution in [3.05, 3.63) is 41.6 Å². The van der Waals surface area contributed by atoms with E-state index in [1.165, 1.54) is 0 Å². The Balaban J connectivity index is 2.24. The summed E-state index contributed by atoms with van der Waals surface area (Å²) in [4.78, 5) is 19.3. The summed E-state index contributed by atoms with van der Waals surface area (Å²) in [5.74, 6) is -0.444. The second-order valence-corrected chi connectivity index (χ2v) is 7.51. The number of pyridine rings is 2. The maximum Gasteiger partial charge on any atom is 0.405 e. The van der Waals surface area contributed by atoms with Crippen LogP contribution in [0.3, 0.4) is 0 Å². The van der Waals surface area contributed by atoms with Gasteiger partial charge in [0, 0.05) is 17.5 Å². The van der Waals surface area contributed by atoms with Crippen LogP contribution >= 0.6 is 0 Å². The van der Waals surface area contributed by atoms with Gasteiger partial charge in [-0.1, -0.05) is 13.8 Å². The topological polar surface area (TPSA) is 84.3 Å². The van der Waals surface area contributed by atoms with Crippen molar-refractivity contribution >= 4 is 6.09 Å². The van der Waals surface area contributed by atoms with Gasteiger partial charge in [-0.2, -0.15) is 4.39 Å². The van der Waals surface area contributed by atoms with E-state index >= 15 is 0 Å². The zero-order chi connectivity index (χ0) is 20.2. The number of hydrogen-bond acceptors (Lipinski definition) is 4. The van der Waals surface area contributed by atoms with Gasteiger partial charge < -0.3 is 15.2 Å². The van der Waals surface area contributed by atoms with Crippen LogP contribution in [0.4, 0.5) is 9.18 Å². The average molecular weight is 375 g/mol. The minimum atomic E-state index is -1.14. The highest BCUT2D eigenvalue weighted by molar-refractivity contribution is 5.65. The number of hydrogen-bond donors (Lipinski definition) is 2. The lowest BCUT2D eigenvalue weighted by Gasteiger charge is -2.31. The molecular formula is C20H26FN3O3. The molecule has 2 heterocycles. The molecule has 0 aliphatic rings. The van der Waals surface area contributed by atoms with Crippen molar-refractivity contribution in [1.29, 1.82) is 0 Å². The smallest absolute Gasteiger partial charge is 0.405 e. The molecule has 0 spiro atoms. The molecule has 7 heteroatoms. The fourth-order valence-corrected chi connectivity index (χ4v) is 3.18. The summed E-state index contributed by atoms with van der Waals surface area (Å²) in [6, 6.07) is 5.35. The van der Waals surface area contributed by atoms with Crippen molar-refractivity contribution in [1.82, 2.24) is 15.3 Å². The van der Waals surface area contributed by atoms with E-state index in [2.05, 4.69) is 15.3 Å². The van der Waals surface area contributed by atoms with E-state index < -0.39 is 17.6 Å². The van der Waals surface area contributed by atoms with Gasteiger partial charge in [-0.15, -0.1) is 0 Å². The number of amides is 1. The highest BCUT2D eigenvalue weighted by atomic mass is 19.1. The molecule has 6 nitrogen and oxygen atoms in total. The molecule has 0 aliphatic heterocycles. The molecule has 2 aromatic rings. The van der Waals surface area contributed by atoms with Gasteiger partial charge in [0.2, 0.25) is 0 Å². The molecule has 1 amide bonds. The molecule has 2 aromatic heterocycles. The van der Waals surface area contributed by atoms with Crippen LogP contribution in [0.25, 0.3) is 11.3 Å². The molecular weight excluding hydrogens is 349 g/mol. The zero-order valence-corrected chi connectivity index (χ0v) is 16.3. The van der Waals surface area contributed by atoms with Gasteiger partial charge in [0.25, 0.3) is 5.95 Å². The first-order valence-corrected chi connectivity index (χ1v) is 8.84. The van der Waals surface area contributed by atoms with E-state index in [9.17, 15) is 9.18 Å². The largest absolute Gasteiger partial charge is 0.486 e. The summed E-state index contributed by atoms with van der Waals surface area (Å²) in [6.45, 7) is 9.32. The van der Waals surface area contributed by atoms with Gasteiger partial charge in [-0.25, -0.2) is 9.78 Å². The maximum atomic E-state index is 14.6. The standard InChI is InChI=1S/C20H26FN3O3/c1-12(2)10-20(5,24-19(25)26)11-27-17-13(3)8-16(23-18(17)21)15-6-7-22-14(4)9-15/h6-9,12,24H,10-11H2,1-5H3,(H,25,26)/t20-/m0/s1. The number of nitrogens with zero attached hydrogens (tertiary/aromatic N) is 2. The van der Waals surface area contributed by atoms with Crippen molar-refractivity contribution in [2.75, 3.05) is 6.61 Å². The lowest BCUT2D eigenvalue weighted by molar-refractivity contribution is 0.140. The molecule has 0 fully saturated rings. The van der Waals surface area contributed by atoms with E-state index in [4.69, 9.17) is 9.84 Å². The summed E-state index contributed by atoms with van der Waals surface area (Å²) < 4.78 is 20.3. The maximum absolute atomic E-state index is 14.6. The summed E-state index contributed by atoms with van der Waals surface area (Å²) in [5.41, 5.74) is 1.84. The molecule has 2 rings (SSSR count). The Morgan fingerprint density at radius 3 is 2.63 bits per heavy atom. The average Bonchev–Trinajstić information content (AvgIpc) is 2.52. The molecule has 0 radical (unpaired) electrons. The molecule has 146 valence electrons. The third kappa shape index (κ3) is 5.64. The van der Waals surface area contributed by atoms with E-state index in [0.29, 0.717) is 17.7 Å². The quantitative estimate of drug-likeness (QED) is 0.703. The molecule has 0 saturated carbocycles. The summed E-state index contributed by atoms with van der Waals surface area (Å²) in [7, 11) is 0. The SMILES string of the molecule is Cc1cc(-c2cc(C)c(OC[C@](C)(CC(C)C)NC(=O)O)c(F)n2)ccn1. The van der Waals surface area contributed by atoms with E-state index in [-0.39, 0.29) is 18.3 Å². The first-order valence-electron chi connectivity index (χ1n) is 8.84. The second-order valence-electron chi connectivity index (χ2n) is 7.51. The van der Waals surface area contributed by atoms with Crippen LogP contribution in [-0.2, 0) is 0 Å². The number of aryl methyl sites for hydroxylation is 2. The number of carbonyl (C=O) groups is 1. The van der Waals surface area contributed by atoms with Crippen molar-refractivity contribution in [2.45, 2.75) is 46.6 Å². The third-order valence-corrected chi connectivity index (χ3v) is 4.11. The highest BCUT2D eigenvalue weighted by Crippen LogP contribution is 2.28. The molecule has 0 bridgehead atoms. The Hall–Kier alpha value is -2.70. The number of rotatable bonds is 7. The van der Waals surface area contributed by atoms with Gasteiger partial charge >= 0.3 is 6.09 Å². The van der Waals surface area contributed by atoms with Crippen molar-refractivity contribution < 1.29 is 19.0 Å². The summed E-state index contributed by atoms with van der Waals surface area (Å²) >= 11 is 0. The summed E-state index contributed by atoms with van der Waals surface area (Å²) in [5, 5.41) is 11.6. The lowest BCUT2D eigenvalue weighted by atomic mass is 9.91. The monoisotopic (exact) mass is 375 g/mol. The first-order chi connectivity index (χ1) is 12.6. The number of nitrogens with one attached hydrogen (secondary N) is 1. The first kappa shape index (κ1) is 20.6. The van der Waals surface area contributed by atoms with Gasteiger partial charge in [0.15, 0.2) is 5.75 Å². The number of halogens is 1. The van der Waals surface area contributed by atoms with Crippen molar-refractivity contribution in [3.8, 4) is 17.0 Å². The van der Waals surface area contributed by atoms with Crippen LogP contribution < -0.4 is 10.1 Å². The van der Waals surface area contributed by atoms with Crippen LogP contribution in [-0.4, -0.2) is 33.3 Å². The van der Waals surface area contributed by atoms with Crippen LogP contribution in [0, 0.1) is 25.7 Å². The Morgan fingerprint density at radius 2 is 2.07 bits per heavy atom. The van der Waals surface area contributed by atoms with Crippen molar-refractivity contribution in [3.63, 3.8) is 0 Å². The van der Waals surface area contributed by atoms with Gasteiger partial charge in [-0.05, 0) is 56.9 Å². The fourth-order valence-electron chi connectivity index (χ4n) is 3.18. The fraction of sp³-hybridized carbons (Fsp3) is 0.450. The molecule has 1 atom stereocenters. The molecule has 27 heavy (non-hydrogen) atoms. The van der Waals surface area contributed by atoms with Crippen LogP contribution in [0.2, 0.25) is 0 Å². The Bertz CT molecular complexity index is 803. The molecule has 0 aliphatic carbocycles. The summed E-state index contributed by atoms with van der Waals surface area (Å²) in [6.07, 6.45) is 1.07. The lowest BCUT2D eigenvalue weighted by Crippen LogP contribution is -2.50. The predicted octanol–water partition coefficient (Wildman–Crippen LogP) is 4.35.